The molecule has 9 aliphatic heterocycles. The quantitative estimate of drug-likeness (QED) is 0.112. The van der Waals surface area contributed by atoms with Crippen LogP contribution >= 0.6 is 0 Å². The Morgan fingerprint density at radius 2 is 0.512 bits per heavy atom. The molecule has 14 aliphatic rings. The molecule has 9 heterocycles. The van der Waals surface area contributed by atoms with Crippen molar-refractivity contribution >= 4 is 0 Å². The van der Waals surface area contributed by atoms with Crippen molar-refractivity contribution in [2.75, 3.05) is 98.3 Å². The fourth-order valence-electron chi connectivity index (χ4n) is 15.8. The second kappa shape index (κ2) is 57.7. The van der Waals surface area contributed by atoms with Crippen molar-refractivity contribution in [1.29, 1.82) is 0 Å². The number of nitrogens with one attached hydrogen (secondary N) is 12. The van der Waals surface area contributed by atoms with Crippen LogP contribution in [0.5, 0.6) is 0 Å². The molecule has 5 aliphatic carbocycles. The minimum absolute atomic E-state index is 0.794. The lowest BCUT2D eigenvalue weighted by atomic mass is 9.76. The van der Waals surface area contributed by atoms with Gasteiger partial charge in [-0.05, 0) is 215 Å². The van der Waals surface area contributed by atoms with Gasteiger partial charge in [-0.3, -0.25) is 10.9 Å². The van der Waals surface area contributed by atoms with Crippen LogP contribution in [0.15, 0.2) is 0 Å². The molecule has 12 N–H and O–H groups in total. The van der Waals surface area contributed by atoms with E-state index < -0.39 is 0 Å². The Morgan fingerprint density at radius 3 is 1.00 bits per heavy atom. The van der Waals surface area contributed by atoms with Crippen LogP contribution in [-0.2, 0) is 0 Å². The minimum Gasteiger partial charge on any atom is -0.316 e. The molecule has 0 aromatic carbocycles. The molecule has 0 aromatic rings. The van der Waals surface area contributed by atoms with Gasteiger partial charge in [0, 0.05) is 75.6 Å². The van der Waals surface area contributed by atoms with Crippen LogP contribution in [-0.4, -0.2) is 135 Å². The first-order chi connectivity index (χ1) is 41.8. The Labute approximate surface area is 526 Å². The summed E-state index contributed by atoms with van der Waals surface area (Å²) in [7, 11) is 0. The van der Waals surface area contributed by atoms with E-state index in [4.69, 9.17) is 0 Å². The molecular weight excluding hydrogens is 1030 g/mol. The van der Waals surface area contributed by atoms with Crippen molar-refractivity contribution in [2.45, 2.75) is 319 Å². The summed E-state index contributed by atoms with van der Waals surface area (Å²) in [6, 6.07) is 4.86. The number of rotatable bonds is 0. The monoisotopic (exact) mass is 1190 g/mol. The SMILES string of the molecule is C1CCC2CNCCC2C1.C1CCC2CNCCC2C1.C1CCC2NCCNC2C1.C1CCC2NCNCC2C1.C1CCC2NNCCC2C1.C1CNC2CCNCC2C1.C1CNC2CNCCC2C1.CC.CC.CC.CC.CC.CC.CC. The maximum absolute atomic E-state index is 3.58. The van der Waals surface area contributed by atoms with Gasteiger partial charge in [0.15, 0.2) is 0 Å². The first-order valence-electron chi connectivity index (χ1n) is 38.5. The number of piperazine rings is 1. The highest BCUT2D eigenvalue weighted by atomic mass is 15.4. The zero-order chi connectivity index (χ0) is 61.7. The predicted octanol–water partition coefficient (Wildman–Crippen LogP) is 13.7. The van der Waals surface area contributed by atoms with Crippen LogP contribution in [0.1, 0.15) is 283 Å². The van der Waals surface area contributed by atoms with Crippen molar-refractivity contribution in [3.63, 3.8) is 0 Å². The lowest BCUT2D eigenvalue weighted by molar-refractivity contribution is 0.185. The second-order valence-electron chi connectivity index (χ2n) is 24.9. The number of hydrogen-bond acceptors (Lipinski definition) is 12. The molecule has 14 unspecified atom stereocenters. The van der Waals surface area contributed by atoms with E-state index in [0.29, 0.717) is 0 Å². The summed E-state index contributed by atoms with van der Waals surface area (Å²) >= 11 is 0. The maximum Gasteiger partial charge on any atom is 0.0456 e. The fraction of sp³-hybridized carbons (Fsp3) is 1.00. The molecule has 12 heteroatoms. The fourth-order valence-corrected chi connectivity index (χ4v) is 15.8. The largest absolute Gasteiger partial charge is 0.316 e. The van der Waals surface area contributed by atoms with Gasteiger partial charge in [-0.15, -0.1) is 0 Å². The molecule has 504 valence electrons. The topological polar surface area (TPSA) is 144 Å². The molecule has 12 nitrogen and oxygen atoms in total. The third kappa shape index (κ3) is 33.5. The molecule has 0 radical (unpaired) electrons. The van der Waals surface area contributed by atoms with Crippen LogP contribution in [0, 0.1) is 47.3 Å². The van der Waals surface area contributed by atoms with Crippen molar-refractivity contribution in [3.8, 4) is 0 Å². The van der Waals surface area contributed by atoms with E-state index in [1.807, 2.05) is 96.9 Å². The molecule has 0 spiro atoms. The average molecular weight is 1190 g/mol. The average Bonchev–Trinajstić information content (AvgIpc) is 3.67. The summed E-state index contributed by atoms with van der Waals surface area (Å²) < 4.78 is 0. The summed E-state index contributed by atoms with van der Waals surface area (Å²) in [5, 5.41) is 35.0. The summed E-state index contributed by atoms with van der Waals surface area (Å²) in [4.78, 5) is 0. The van der Waals surface area contributed by atoms with Crippen LogP contribution in [0.3, 0.4) is 0 Å². The highest BCUT2D eigenvalue weighted by Gasteiger charge is 2.32. The standard InChI is InChI=1S/2C9H17N.5C8H16N2.7C2H6/c2*1-2-4-9-7-10-6-5-8(9)3-1;1-2-7-6-9-5-3-8(7)10-4-1;1-2-7-3-5-9-6-8(7)10-4-1;1-2-4-8-7(3-1)5-9-6-10-8;1-2-4-8-7(3-1)9-5-6-10-8;1-2-4-8-7(3-1)5-6-9-10-8;7*1-2/h2*8-10H,1-7H2;5*7-10H,1-6H2;7*1-2H3. The van der Waals surface area contributed by atoms with Gasteiger partial charge >= 0.3 is 0 Å². The van der Waals surface area contributed by atoms with Crippen molar-refractivity contribution in [1.82, 2.24) is 64.0 Å². The van der Waals surface area contributed by atoms with Gasteiger partial charge in [0.05, 0.1) is 0 Å². The van der Waals surface area contributed by atoms with E-state index in [-0.39, 0.29) is 0 Å². The molecule has 0 bridgehead atoms. The van der Waals surface area contributed by atoms with E-state index in [0.717, 1.165) is 90.3 Å². The highest BCUT2D eigenvalue weighted by molar-refractivity contribution is 4.91. The van der Waals surface area contributed by atoms with Gasteiger partial charge in [0.1, 0.15) is 0 Å². The normalized spacial score (nSPS) is 34.5. The third-order valence-corrected chi connectivity index (χ3v) is 20.2. The van der Waals surface area contributed by atoms with Gasteiger partial charge in [0.2, 0.25) is 0 Å². The predicted molar refractivity (Wildman–Crippen MR) is 375 cm³/mol. The van der Waals surface area contributed by atoms with Gasteiger partial charge in [0.25, 0.3) is 0 Å². The Bertz CT molecular complexity index is 889. The molecule has 0 aromatic heterocycles. The van der Waals surface area contributed by atoms with Crippen LogP contribution < -0.4 is 64.0 Å². The lowest BCUT2D eigenvalue weighted by Gasteiger charge is -2.37. The first kappa shape index (κ1) is 81.5. The number of hydrazine groups is 1. The smallest absolute Gasteiger partial charge is 0.0456 e. The Kier molecular flexibility index (Phi) is 56.0. The van der Waals surface area contributed by atoms with Gasteiger partial charge in [-0.2, -0.15) is 0 Å². The number of piperidine rings is 6. The molecule has 14 fully saturated rings. The lowest BCUT2D eigenvalue weighted by Crippen LogP contribution is -2.56. The zero-order valence-corrected chi connectivity index (χ0v) is 59.2. The zero-order valence-electron chi connectivity index (χ0n) is 59.2. The number of hydrogen-bond donors (Lipinski definition) is 12. The van der Waals surface area contributed by atoms with Crippen molar-refractivity contribution in [2.24, 2.45) is 47.3 Å². The molecule has 84 heavy (non-hydrogen) atoms. The van der Waals surface area contributed by atoms with E-state index in [1.165, 1.54) is 278 Å². The number of fused-ring (bicyclic) bond motifs is 7. The van der Waals surface area contributed by atoms with E-state index in [2.05, 4.69) is 64.0 Å². The van der Waals surface area contributed by atoms with Crippen molar-refractivity contribution < 1.29 is 0 Å². The molecular formula is C72H156N12. The second-order valence-corrected chi connectivity index (χ2v) is 24.9. The minimum atomic E-state index is 0.794. The van der Waals surface area contributed by atoms with Crippen LogP contribution in [0.2, 0.25) is 0 Å². The summed E-state index contributed by atoms with van der Waals surface area (Å²) in [5.74, 6) is 8.10. The summed E-state index contributed by atoms with van der Waals surface area (Å²) in [5.41, 5.74) is 6.60. The third-order valence-electron chi connectivity index (χ3n) is 20.2. The van der Waals surface area contributed by atoms with Gasteiger partial charge in [-0.25, -0.2) is 0 Å². The maximum atomic E-state index is 3.58. The van der Waals surface area contributed by atoms with Gasteiger partial charge < -0.3 is 53.2 Å². The van der Waals surface area contributed by atoms with Gasteiger partial charge in [-0.1, -0.05) is 174 Å². The summed E-state index contributed by atoms with van der Waals surface area (Å²) in [6.07, 6.45) is 41.8. The van der Waals surface area contributed by atoms with E-state index in [9.17, 15) is 0 Å². The van der Waals surface area contributed by atoms with Crippen LogP contribution in [0.25, 0.3) is 0 Å². The Hall–Kier alpha value is -0.480. The van der Waals surface area contributed by atoms with Crippen LogP contribution in [0.4, 0.5) is 0 Å². The summed E-state index contributed by atoms with van der Waals surface area (Å²) in [6.45, 7) is 46.4. The van der Waals surface area contributed by atoms with Crippen molar-refractivity contribution in [3.05, 3.63) is 0 Å². The molecule has 9 saturated heterocycles. The first-order valence-corrected chi connectivity index (χ1v) is 38.5. The van der Waals surface area contributed by atoms with E-state index in [1.54, 1.807) is 0 Å². The molecule has 0 amide bonds. The Morgan fingerprint density at radius 1 is 0.190 bits per heavy atom. The Balaban J connectivity index is 0.000000473. The molecule has 14 rings (SSSR count). The van der Waals surface area contributed by atoms with E-state index >= 15 is 0 Å². The molecule has 5 saturated carbocycles. The molecule has 14 atom stereocenters. The highest BCUT2D eigenvalue weighted by Crippen LogP contribution is 2.35.